The average molecular weight is 332 g/mol. The van der Waals surface area contributed by atoms with Crippen LogP contribution in [0, 0.1) is 5.92 Å². The highest BCUT2D eigenvalue weighted by Gasteiger charge is 2.27. The van der Waals surface area contributed by atoms with Gasteiger partial charge < -0.3 is 20.0 Å². The van der Waals surface area contributed by atoms with Crippen LogP contribution in [0.2, 0.25) is 0 Å². The number of hydrogen-bond acceptors (Lipinski definition) is 3. The van der Waals surface area contributed by atoms with Gasteiger partial charge in [0.15, 0.2) is 0 Å². The summed E-state index contributed by atoms with van der Waals surface area (Å²) in [6.45, 7) is 1.83. The first-order valence-electron chi connectivity index (χ1n) is 8.38. The molecule has 0 atom stereocenters. The van der Waals surface area contributed by atoms with Gasteiger partial charge in [0.25, 0.3) is 0 Å². The molecule has 1 fully saturated rings. The minimum absolute atomic E-state index is 0.00626. The smallest absolute Gasteiger partial charge is 0.319 e. The van der Waals surface area contributed by atoms with Crippen LogP contribution in [0.25, 0.3) is 0 Å². The molecule has 0 aliphatic carbocycles. The summed E-state index contributed by atoms with van der Waals surface area (Å²) in [7, 11) is 7.51. The van der Waals surface area contributed by atoms with Crippen LogP contribution >= 0.6 is 0 Å². The zero-order valence-electron chi connectivity index (χ0n) is 15.1. The van der Waals surface area contributed by atoms with E-state index in [1.807, 2.05) is 42.1 Å². The lowest BCUT2D eigenvalue weighted by Crippen LogP contribution is -2.46. The lowest BCUT2D eigenvalue weighted by Gasteiger charge is -2.33. The highest BCUT2D eigenvalue weighted by molar-refractivity contribution is 5.79. The first-order valence-corrected chi connectivity index (χ1v) is 8.38. The van der Waals surface area contributed by atoms with Crippen LogP contribution in [0.5, 0.6) is 0 Å². The van der Waals surface area contributed by atoms with E-state index in [0.717, 1.165) is 24.1 Å². The van der Waals surface area contributed by atoms with Gasteiger partial charge in [-0.05, 0) is 30.5 Å². The van der Waals surface area contributed by atoms with Crippen molar-refractivity contribution in [1.29, 1.82) is 0 Å². The Morgan fingerprint density at radius 2 is 1.83 bits per heavy atom. The van der Waals surface area contributed by atoms with Crippen LogP contribution in [-0.4, -0.2) is 63.0 Å². The Bertz CT molecular complexity index is 578. The molecule has 1 aromatic rings. The topological polar surface area (TPSA) is 55.9 Å². The number of hydrogen-bond donors (Lipinski definition) is 1. The molecule has 6 nitrogen and oxygen atoms in total. The molecule has 1 aliphatic heterocycles. The molecular formula is C18H28N4O2. The molecule has 1 N–H and O–H groups in total. The van der Waals surface area contributed by atoms with Gasteiger partial charge in [-0.2, -0.15) is 0 Å². The van der Waals surface area contributed by atoms with Crippen molar-refractivity contribution in [2.45, 2.75) is 19.4 Å². The number of benzene rings is 1. The second-order valence-electron chi connectivity index (χ2n) is 6.72. The minimum atomic E-state index is -0.00626. The van der Waals surface area contributed by atoms with Crippen LogP contribution < -0.4 is 10.2 Å². The fraction of sp³-hybridized carbons (Fsp3) is 0.556. The normalized spacial score (nSPS) is 15.1. The van der Waals surface area contributed by atoms with Crippen molar-refractivity contribution in [2.24, 2.45) is 5.92 Å². The number of urea groups is 1. The number of carbonyl (C=O) groups is 2. The lowest BCUT2D eigenvalue weighted by atomic mass is 9.96. The number of piperidine rings is 1. The second kappa shape index (κ2) is 8.04. The van der Waals surface area contributed by atoms with Gasteiger partial charge in [-0.15, -0.1) is 0 Å². The third kappa shape index (κ3) is 4.63. The Kier molecular flexibility index (Phi) is 6.06. The summed E-state index contributed by atoms with van der Waals surface area (Å²) in [5, 5.41) is 3.03. The van der Waals surface area contributed by atoms with Crippen molar-refractivity contribution >= 4 is 17.6 Å². The van der Waals surface area contributed by atoms with Crippen molar-refractivity contribution in [2.75, 3.05) is 46.2 Å². The molecule has 3 amide bonds. The van der Waals surface area contributed by atoms with Gasteiger partial charge in [-0.3, -0.25) is 4.79 Å². The van der Waals surface area contributed by atoms with Gasteiger partial charge in [0, 0.05) is 59.4 Å². The summed E-state index contributed by atoms with van der Waals surface area (Å²) in [6.07, 6.45) is 1.45. The van der Waals surface area contributed by atoms with Crippen molar-refractivity contribution in [3.05, 3.63) is 29.8 Å². The van der Waals surface area contributed by atoms with Gasteiger partial charge in [-0.25, -0.2) is 4.79 Å². The van der Waals surface area contributed by atoms with Gasteiger partial charge in [-0.1, -0.05) is 12.1 Å². The maximum Gasteiger partial charge on any atom is 0.319 e. The summed E-state index contributed by atoms with van der Waals surface area (Å²) < 4.78 is 0. The predicted molar refractivity (Wildman–Crippen MR) is 96.0 cm³/mol. The maximum atomic E-state index is 12.4. The number of carbonyl (C=O) groups excluding carboxylic acids is 2. The van der Waals surface area contributed by atoms with Crippen molar-refractivity contribution in [1.82, 2.24) is 15.1 Å². The van der Waals surface area contributed by atoms with Crippen molar-refractivity contribution < 1.29 is 9.59 Å². The summed E-state index contributed by atoms with van der Waals surface area (Å²) >= 11 is 0. The molecule has 132 valence electrons. The number of nitrogens with zero attached hydrogens (tertiary/aromatic N) is 3. The molecule has 1 aromatic carbocycles. The molecule has 1 aliphatic rings. The fourth-order valence-electron chi connectivity index (χ4n) is 2.89. The summed E-state index contributed by atoms with van der Waals surface area (Å²) in [4.78, 5) is 29.7. The Labute approximate surface area is 144 Å². The Balaban J connectivity index is 1.82. The summed E-state index contributed by atoms with van der Waals surface area (Å²) in [5.74, 6) is 0.0791. The Hall–Kier alpha value is -2.24. The maximum absolute atomic E-state index is 12.4. The average Bonchev–Trinajstić information content (AvgIpc) is 2.59. The molecule has 0 spiro atoms. The fourth-order valence-corrected chi connectivity index (χ4v) is 2.89. The van der Waals surface area contributed by atoms with Crippen LogP contribution in [0.15, 0.2) is 24.3 Å². The van der Waals surface area contributed by atoms with E-state index in [2.05, 4.69) is 11.4 Å². The summed E-state index contributed by atoms with van der Waals surface area (Å²) in [5.41, 5.74) is 2.21. The highest BCUT2D eigenvalue weighted by Crippen LogP contribution is 2.19. The molecule has 2 rings (SSSR count). The Morgan fingerprint density at radius 1 is 1.17 bits per heavy atom. The van der Waals surface area contributed by atoms with Crippen LogP contribution in [-0.2, 0) is 11.3 Å². The molecule has 0 bridgehead atoms. The van der Waals surface area contributed by atoms with E-state index >= 15 is 0 Å². The minimum Gasteiger partial charge on any atom is -0.378 e. The number of amides is 3. The monoisotopic (exact) mass is 332 g/mol. The van der Waals surface area contributed by atoms with E-state index in [1.54, 1.807) is 19.0 Å². The third-order valence-corrected chi connectivity index (χ3v) is 4.41. The van der Waals surface area contributed by atoms with Crippen LogP contribution in [0.3, 0.4) is 0 Å². The van der Waals surface area contributed by atoms with E-state index < -0.39 is 0 Å². The van der Waals surface area contributed by atoms with Crippen molar-refractivity contribution in [3.8, 4) is 0 Å². The molecule has 0 saturated carbocycles. The predicted octanol–water partition coefficient (Wildman–Crippen LogP) is 1.76. The van der Waals surface area contributed by atoms with E-state index in [4.69, 9.17) is 0 Å². The van der Waals surface area contributed by atoms with Crippen LogP contribution in [0.4, 0.5) is 10.5 Å². The molecule has 24 heavy (non-hydrogen) atoms. The Morgan fingerprint density at radius 3 is 2.42 bits per heavy atom. The first-order chi connectivity index (χ1) is 11.4. The molecule has 0 aromatic heterocycles. The number of anilines is 1. The SMILES string of the molecule is CN(C)C(=O)N1CCC(C(=O)NCc2cccc(N(C)C)c2)CC1. The summed E-state index contributed by atoms with van der Waals surface area (Å²) in [6, 6.07) is 8.17. The van der Waals surface area contributed by atoms with Gasteiger partial charge >= 0.3 is 6.03 Å². The molecule has 1 heterocycles. The van der Waals surface area contributed by atoms with E-state index in [-0.39, 0.29) is 17.9 Å². The first kappa shape index (κ1) is 18.1. The molecular weight excluding hydrogens is 304 g/mol. The molecule has 0 unspecified atom stereocenters. The quantitative estimate of drug-likeness (QED) is 0.914. The van der Waals surface area contributed by atoms with Gasteiger partial charge in [0.1, 0.15) is 0 Å². The zero-order chi connectivity index (χ0) is 17.7. The highest BCUT2D eigenvalue weighted by atomic mass is 16.2. The number of nitrogens with one attached hydrogen (secondary N) is 1. The van der Waals surface area contributed by atoms with Gasteiger partial charge in [0.05, 0.1) is 0 Å². The molecule has 6 heteroatoms. The zero-order valence-corrected chi connectivity index (χ0v) is 15.1. The van der Waals surface area contributed by atoms with Crippen molar-refractivity contribution in [3.63, 3.8) is 0 Å². The number of likely N-dealkylation sites (tertiary alicyclic amines) is 1. The molecule has 1 saturated heterocycles. The van der Waals surface area contributed by atoms with Gasteiger partial charge in [0.2, 0.25) is 5.91 Å². The second-order valence-corrected chi connectivity index (χ2v) is 6.72. The standard InChI is InChI=1S/C18H28N4O2/c1-20(2)16-7-5-6-14(12-16)13-19-17(23)15-8-10-22(11-9-15)18(24)21(3)4/h5-7,12,15H,8-11,13H2,1-4H3,(H,19,23). The van der Waals surface area contributed by atoms with E-state index in [9.17, 15) is 9.59 Å². The third-order valence-electron chi connectivity index (χ3n) is 4.41. The number of rotatable bonds is 4. The largest absolute Gasteiger partial charge is 0.378 e. The van der Waals surface area contributed by atoms with Crippen LogP contribution in [0.1, 0.15) is 18.4 Å². The van der Waals surface area contributed by atoms with E-state index in [1.165, 1.54) is 0 Å². The molecule has 0 radical (unpaired) electrons. The van der Waals surface area contributed by atoms with E-state index in [0.29, 0.717) is 19.6 Å². The lowest BCUT2D eigenvalue weighted by molar-refractivity contribution is -0.126.